The Morgan fingerprint density at radius 3 is 2.19 bits per heavy atom. The number of thiazole rings is 1. The van der Waals surface area contributed by atoms with Crippen LogP contribution in [-0.2, 0) is 9.53 Å². The zero-order valence-electron chi connectivity index (χ0n) is 16.4. The number of carbonyl (C=O) groups is 3. The predicted octanol–water partition coefficient (Wildman–Crippen LogP) is 4.17. The van der Waals surface area contributed by atoms with Gasteiger partial charge in [-0.05, 0) is 45.0 Å². The summed E-state index contributed by atoms with van der Waals surface area (Å²) in [5.74, 6) is -0.969. The van der Waals surface area contributed by atoms with Gasteiger partial charge in [0.1, 0.15) is 4.88 Å². The molecule has 1 N–H and O–H groups in total. The fourth-order valence-corrected chi connectivity index (χ4v) is 3.06. The van der Waals surface area contributed by atoms with E-state index in [-0.39, 0.29) is 11.7 Å². The molecule has 0 saturated heterocycles. The number of benzene rings is 1. The second-order valence-corrected chi connectivity index (χ2v) is 8.54. The van der Waals surface area contributed by atoms with Gasteiger partial charge in [-0.2, -0.15) is 0 Å². The van der Waals surface area contributed by atoms with Gasteiger partial charge in [-0.3, -0.25) is 9.59 Å². The van der Waals surface area contributed by atoms with Crippen molar-refractivity contribution in [1.29, 1.82) is 0 Å². The van der Waals surface area contributed by atoms with Crippen molar-refractivity contribution in [3.8, 4) is 0 Å². The van der Waals surface area contributed by atoms with Crippen LogP contribution in [0.5, 0.6) is 0 Å². The Morgan fingerprint density at radius 1 is 1.11 bits per heavy atom. The molecule has 2 aromatic rings. The number of anilines is 1. The molecule has 6 nitrogen and oxygen atoms in total. The summed E-state index contributed by atoms with van der Waals surface area (Å²) in [6.45, 7) is 10.5. The quantitative estimate of drug-likeness (QED) is 0.614. The van der Waals surface area contributed by atoms with Gasteiger partial charge >= 0.3 is 5.97 Å². The molecule has 0 aliphatic heterocycles. The number of ketones is 1. The summed E-state index contributed by atoms with van der Waals surface area (Å²) < 4.78 is 5.30. The van der Waals surface area contributed by atoms with Gasteiger partial charge in [0.05, 0.1) is 10.7 Å². The maximum Gasteiger partial charge on any atom is 0.350 e. The highest BCUT2D eigenvalue weighted by Crippen LogP contribution is 2.21. The van der Waals surface area contributed by atoms with Gasteiger partial charge in [0.15, 0.2) is 6.10 Å². The summed E-state index contributed by atoms with van der Waals surface area (Å²) in [4.78, 5) is 41.4. The third-order valence-electron chi connectivity index (χ3n) is 3.85. The summed E-state index contributed by atoms with van der Waals surface area (Å²) in [6, 6.07) is 6.52. The first-order chi connectivity index (χ1) is 12.5. The average Bonchev–Trinajstić information content (AvgIpc) is 2.92. The van der Waals surface area contributed by atoms with Crippen molar-refractivity contribution in [1.82, 2.24) is 4.98 Å². The Morgan fingerprint density at radius 2 is 1.70 bits per heavy atom. The van der Waals surface area contributed by atoms with Gasteiger partial charge in [0.2, 0.25) is 11.7 Å². The van der Waals surface area contributed by atoms with E-state index in [4.69, 9.17) is 4.74 Å². The number of hydrogen-bond acceptors (Lipinski definition) is 6. The Balaban J connectivity index is 2.03. The average molecular weight is 388 g/mol. The molecule has 0 radical (unpaired) electrons. The molecule has 0 bridgehead atoms. The van der Waals surface area contributed by atoms with Gasteiger partial charge < -0.3 is 10.1 Å². The van der Waals surface area contributed by atoms with Gasteiger partial charge in [-0.15, -0.1) is 11.3 Å². The van der Waals surface area contributed by atoms with Crippen molar-refractivity contribution >= 4 is 34.7 Å². The molecular weight excluding hydrogens is 364 g/mol. The third kappa shape index (κ3) is 5.23. The van der Waals surface area contributed by atoms with Gasteiger partial charge in [0.25, 0.3) is 0 Å². The molecule has 0 saturated carbocycles. The van der Waals surface area contributed by atoms with E-state index >= 15 is 0 Å². The van der Waals surface area contributed by atoms with Gasteiger partial charge in [0, 0.05) is 16.7 Å². The van der Waals surface area contributed by atoms with Crippen LogP contribution < -0.4 is 5.32 Å². The van der Waals surface area contributed by atoms with Crippen molar-refractivity contribution < 1.29 is 19.1 Å². The van der Waals surface area contributed by atoms with Crippen LogP contribution in [0, 0.1) is 19.3 Å². The summed E-state index contributed by atoms with van der Waals surface area (Å²) >= 11 is 1.24. The van der Waals surface area contributed by atoms with Crippen LogP contribution in [0.4, 0.5) is 5.69 Å². The van der Waals surface area contributed by atoms with Crippen LogP contribution in [0.25, 0.3) is 0 Å². The normalized spacial score (nSPS) is 12.4. The van der Waals surface area contributed by atoms with Crippen molar-refractivity contribution in [3.63, 3.8) is 0 Å². The lowest BCUT2D eigenvalue weighted by Gasteiger charge is -2.18. The fraction of sp³-hybridized carbons (Fsp3) is 0.400. The van der Waals surface area contributed by atoms with Crippen LogP contribution >= 0.6 is 11.3 Å². The molecule has 0 spiro atoms. The molecule has 144 valence electrons. The molecule has 0 aliphatic carbocycles. The maximum atomic E-state index is 12.5. The van der Waals surface area contributed by atoms with Crippen molar-refractivity contribution in [2.45, 2.75) is 47.6 Å². The first-order valence-corrected chi connectivity index (χ1v) is 9.41. The maximum absolute atomic E-state index is 12.5. The Hall–Kier alpha value is -2.54. The molecule has 0 aliphatic rings. The van der Waals surface area contributed by atoms with Gasteiger partial charge in [-0.25, -0.2) is 9.78 Å². The minimum atomic E-state index is -0.922. The summed E-state index contributed by atoms with van der Waals surface area (Å²) in [6.07, 6.45) is -0.922. The van der Waals surface area contributed by atoms with Crippen molar-refractivity contribution in [3.05, 3.63) is 45.4 Å². The minimum absolute atomic E-state index is 0.112. The Kier molecular flexibility index (Phi) is 6.15. The second kappa shape index (κ2) is 8.00. The predicted molar refractivity (Wildman–Crippen MR) is 105 cm³/mol. The number of aromatic nitrogens is 1. The lowest BCUT2D eigenvalue weighted by molar-refractivity contribution is -0.123. The zero-order chi connectivity index (χ0) is 20.4. The largest absolute Gasteiger partial charge is 0.450 e. The van der Waals surface area contributed by atoms with E-state index in [0.29, 0.717) is 21.8 Å². The smallest absolute Gasteiger partial charge is 0.350 e. The van der Waals surface area contributed by atoms with Crippen LogP contribution in [-0.4, -0.2) is 28.7 Å². The number of amides is 1. The number of aryl methyl sites for hydroxylation is 2. The molecule has 2 rings (SSSR count). The highest BCUT2D eigenvalue weighted by atomic mass is 32.1. The molecule has 1 unspecified atom stereocenters. The number of Topliss-reactive ketones (excluding diaryl/α,β-unsaturated/α-hetero) is 1. The van der Waals surface area contributed by atoms with Crippen molar-refractivity contribution in [2.75, 3.05) is 5.32 Å². The molecule has 1 aromatic carbocycles. The van der Waals surface area contributed by atoms with Gasteiger partial charge in [-0.1, -0.05) is 20.8 Å². The van der Waals surface area contributed by atoms with Crippen LogP contribution in [0.1, 0.15) is 58.4 Å². The molecule has 1 amide bonds. The lowest BCUT2D eigenvalue weighted by atomic mass is 9.95. The molecule has 7 heteroatoms. The van der Waals surface area contributed by atoms with Crippen LogP contribution in [0.3, 0.4) is 0 Å². The first kappa shape index (κ1) is 20.8. The van der Waals surface area contributed by atoms with E-state index in [0.717, 1.165) is 5.01 Å². The van der Waals surface area contributed by atoms with E-state index < -0.39 is 17.5 Å². The molecular formula is C20H24N2O4S. The Bertz CT molecular complexity index is 863. The van der Waals surface area contributed by atoms with E-state index in [9.17, 15) is 14.4 Å². The monoisotopic (exact) mass is 388 g/mol. The highest BCUT2D eigenvalue weighted by Gasteiger charge is 2.24. The summed E-state index contributed by atoms with van der Waals surface area (Å²) in [5.41, 5.74) is 1.10. The standard InChI is InChI=1S/C20H24N2O4S/c1-11-17(27-13(3)21-11)18(24)26-12(2)16(23)14-7-9-15(10-8-14)22-19(25)20(4,5)6/h7-10,12H,1-6H3,(H,22,25). The molecule has 1 atom stereocenters. The number of rotatable bonds is 5. The van der Waals surface area contributed by atoms with Crippen LogP contribution in [0.2, 0.25) is 0 Å². The summed E-state index contributed by atoms with van der Waals surface area (Å²) in [7, 11) is 0. The van der Waals surface area contributed by atoms with E-state index in [1.165, 1.54) is 11.3 Å². The zero-order valence-corrected chi connectivity index (χ0v) is 17.2. The highest BCUT2D eigenvalue weighted by molar-refractivity contribution is 7.13. The van der Waals surface area contributed by atoms with Crippen molar-refractivity contribution in [2.24, 2.45) is 5.41 Å². The van der Waals surface area contributed by atoms with E-state index in [1.807, 2.05) is 27.7 Å². The number of nitrogens with zero attached hydrogens (tertiary/aromatic N) is 1. The Labute approximate surface area is 163 Å². The number of carbonyl (C=O) groups excluding carboxylic acids is 3. The van der Waals surface area contributed by atoms with E-state index in [1.54, 1.807) is 38.1 Å². The fourth-order valence-electron chi connectivity index (χ4n) is 2.26. The molecule has 1 aromatic heterocycles. The topological polar surface area (TPSA) is 85.4 Å². The molecule has 27 heavy (non-hydrogen) atoms. The molecule has 0 fully saturated rings. The first-order valence-electron chi connectivity index (χ1n) is 8.60. The number of esters is 1. The lowest BCUT2D eigenvalue weighted by Crippen LogP contribution is -2.27. The summed E-state index contributed by atoms with van der Waals surface area (Å²) in [5, 5.41) is 3.57. The van der Waals surface area contributed by atoms with Crippen LogP contribution in [0.15, 0.2) is 24.3 Å². The SMILES string of the molecule is Cc1nc(C)c(C(=O)OC(C)C(=O)c2ccc(NC(=O)C(C)(C)C)cc2)s1. The molecule has 1 heterocycles. The van der Waals surface area contributed by atoms with E-state index in [2.05, 4.69) is 10.3 Å². The third-order valence-corrected chi connectivity index (χ3v) is 4.90. The number of ether oxygens (including phenoxy) is 1. The number of nitrogens with one attached hydrogen (secondary N) is 1. The number of hydrogen-bond donors (Lipinski definition) is 1. The second-order valence-electron chi connectivity index (χ2n) is 7.34. The minimum Gasteiger partial charge on any atom is -0.450 e.